The highest BCUT2D eigenvalue weighted by atomic mass is 16.4. The quantitative estimate of drug-likeness (QED) is 0.741. The van der Waals surface area contributed by atoms with Gasteiger partial charge in [-0.1, -0.05) is 13.8 Å². The fourth-order valence-electron chi connectivity index (χ4n) is 1.11. The van der Waals surface area contributed by atoms with E-state index in [0.717, 1.165) is 18.2 Å². The number of carboxylic acids is 1. The van der Waals surface area contributed by atoms with Gasteiger partial charge in [0.25, 0.3) is 0 Å². The Bertz CT molecular complexity index is 340. The summed E-state index contributed by atoms with van der Waals surface area (Å²) in [5.74, 6) is -0.409. The van der Waals surface area contributed by atoms with Gasteiger partial charge in [-0.25, -0.2) is 4.79 Å². The van der Waals surface area contributed by atoms with Crippen molar-refractivity contribution in [2.75, 3.05) is 0 Å². The smallest absolute Gasteiger partial charge is 0.328 e. The number of aliphatic carboxylic acids is 1. The van der Waals surface area contributed by atoms with Crippen LogP contribution in [0, 0.1) is 5.92 Å². The summed E-state index contributed by atoms with van der Waals surface area (Å²) in [5.41, 5.74) is 0.813. The lowest BCUT2D eigenvalue weighted by Gasteiger charge is -2.02. The zero-order chi connectivity index (χ0) is 10.6. The van der Waals surface area contributed by atoms with Crippen LogP contribution >= 0.6 is 0 Å². The van der Waals surface area contributed by atoms with E-state index in [0.29, 0.717) is 5.92 Å². The van der Waals surface area contributed by atoms with Gasteiger partial charge in [0.15, 0.2) is 0 Å². The Labute approximate surface area is 82.9 Å². The van der Waals surface area contributed by atoms with Gasteiger partial charge >= 0.3 is 5.97 Å². The lowest BCUT2D eigenvalue weighted by atomic mass is 10.2. The van der Waals surface area contributed by atoms with Gasteiger partial charge < -0.3 is 5.11 Å². The van der Waals surface area contributed by atoms with E-state index in [9.17, 15) is 4.79 Å². The third kappa shape index (κ3) is 3.43. The van der Waals surface area contributed by atoms with Crippen LogP contribution in [-0.4, -0.2) is 20.9 Å². The molecule has 0 amide bonds. The molecule has 0 atom stereocenters. The maximum atomic E-state index is 10.2. The Balaban J connectivity index is 2.63. The van der Waals surface area contributed by atoms with Crippen molar-refractivity contribution in [2.24, 2.45) is 5.92 Å². The summed E-state index contributed by atoms with van der Waals surface area (Å²) in [7, 11) is 0. The van der Waals surface area contributed by atoms with Crippen LogP contribution in [0.15, 0.2) is 18.5 Å². The molecule has 0 radical (unpaired) electrons. The minimum absolute atomic E-state index is 0.534. The van der Waals surface area contributed by atoms with Gasteiger partial charge in [0.1, 0.15) is 0 Å². The number of carbonyl (C=O) groups is 1. The first-order valence-electron chi connectivity index (χ1n) is 4.51. The summed E-state index contributed by atoms with van der Waals surface area (Å²) in [6.07, 6.45) is 6.13. The van der Waals surface area contributed by atoms with E-state index in [-0.39, 0.29) is 0 Å². The van der Waals surface area contributed by atoms with E-state index in [4.69, 9.17) is 5.11 Å². The molecule has 0 spiro atoms. The first kappa shape index (κ1) is 10.5. The van der Waals surface area contributed by atoms with Crippen molar-refractivity contribution < 1.29 is 9.90 Å². The first-order valence-corrected chi connectivity index (χ1v) is 4.51. The van der Waals surface area contributed by atoms with Gasteiger partial charge in [-0.3, -0.25) is 4.68 Å². The molecule has 1 aromatic heterocycles. The number of nitrogens with zero attached hydrogens (tertiary/aromatic N) is 2. The maximum Gasteiger partial charge on any atom is 0.328 e. The average Bonchev–Trinajstić information content (AvgIpc) is 2.47. The molecule has 0 saturated carbocycles. The van der Waals surface area contributed by atoms with Crippen molar-refractivity contribution in [1.29, 1.82) is 0 Å². The van der Waals surface area contributed by atoms with Crippen LogP contribution in [0.25, 0.3) is 6.08 Å². The molecule has 0 bridgehead atoms. The monoisotopic (exact) mass is 194 g/mol. The fraction of sp³-hybridized carbons (Fsp3) is 0.400. The largest absolute Gasteiger partial charge is 0.478 e. The second-order valence-corrected chi connectivity index (χ2v) is 3.56. The maximum absolute atomic E-state index is 10.2. The standard InChI is InChI=1S/C10H14N2O2/c1-8(2)6-12-7-9(5-11-12)3-4-10(13)14/h3-5,7-8H,6H2,1-2H3,(H,13,14). The summed E-state index contributed by atoms with van der Waals surface area (Å²) in [4.78, 5) is 10.2. The van der Waals surface area contributed by atoms with Crippen LogP contribution < -0.4 is 0 Å². The molecule has 4 nitrogen and oxygen atoms in total. The minimum Gasteiger partial charge on any atom is -0.478 e. The summed E-state index contributed by atoms with van der Waals surface area (Å²) in [6, 6.07) is 0. The molecule has 1 N–H and O–H groups in total. The van der Waals surface area contributed by atoms with E-state index in [1.165, 1.54) is 6.08 Å². The third-order valence-corrected chi connectivity index (χ3v) is 1.62. The van der Waals surface area contributed by atoms with Crippen LogP contribution in [0.3, 0.4) is 0 Å². The van der Waals surface area contributed by atoms with Crippen molar-refractivity contribution in [3.05, 3.63) is 24.0 Å². The molecule has 0 unspecified atom stereocenters. The van der Waals surface area contributed by atoms with Gasteiger partial charge in [-0.15, -0.1) is 0 Å². The second kappa shape index (κ2) is 4.60. The van der Waals surface area contributed by atoms with Gasteiger partial charge in [0.2, 0.25) is 0 Å². The molecular weight excluding hydrogens is 180 g/mol. The molecule has 0 saturated heterocycles. The van der Waals surface area contributed by atoms with Gasteiger partial charge in [0.05, 0.1) is 6.20 Å². The van der Waals surface area contributed by atoms with Crippen LogP contribution in [0.5, 0.6) is 0 Å². The summed E-state index contributed by atoms with van der Waals surface area (Å²) < 4.78 is 1.81. The summed E-state index contributed by atoms with van der Waals surface area (Å²) in [6.45, 7) is 5.06. The Morgan fingerprint density at radius 1 is 1.71 bits per heavy atom. The first-order chi connectivity index (χ1) is 6.58. The molecule has 0 aliphatic carbocycles. The number of hydrogen-bond acceptors (Lipinski definition) is 2. The van der Waals surface area contributed by atoms with Crippen molar-refractivity contribution in [1.82, 2.24) is 9.78 Å². The molecule has 1 heterocycles. The van der Waals surface area contributed by atoms with E-state index in [1.54, 1.807) is 6.20 Å². The number of carboxylic acid groups (broad SMARTS) is 1. The normalized spacial score (nSPS) is 11.4. The lowest BCUT2D eigenvalue weighted by molar-refractivity contribution is -0.131. The zero-order valence-electron chi connectivity index (χ0n) is 8.34. The Hall–Kier alpha value is -1.58. The minimum atomic E-state index is -0.943. The molecule has 76 valence electrons. The van der Waals surface area contributed by atoms with E-state index in [1.807, 2.05) is 10.9 Å². The Morgan fingerprint density at radius 2 is 2.43 bits per heavy atom. The van der Waals surface area contributed by atoms with Crippen LogP contribution in [0.2, 0.25) is 0 Å². The number of aromatic nitrogens is 2. The average molecular weight is 194 g/mol. The van der Waals surface area contributed by atoms with E-state index >= 15 is 0 Å². The Kier molecular flexibility index (Phi) is 3.45. The highest BCUT2D eigenvalue weighted by molar-refractivity contribution is 5.85. The van der Waals surface area contributed by atoms with Crippen molar-refractivity contribution >= 4 is 12.0 Å². The summed E-state index contributed by atoms with van der Waals surface area (Å²) >= 11 is 0. The lowest BCUT2D eigenvalue weighted by Crippen LogP contribution is -2.03. The van der Waals surface area contributed by atoms with E-state index < -0.39 is 5.97 Å². The molecular formula is C10H14N2O2. The fourth-order valence-corrected chi connectivity index (χ4v) is 1.11. The highest BCUT2D eigenvalue weighted by Gasteiger charge is 1.98. The van der Waals surface area contributed by atoms with E-state index in [2.05, 4.69) is 18.9 Å². The molecule has 0 aliphatic rings. The molecule has 0 aliphatic heterocycles. The van der Waals surface area contributed by atoms with Gasteiger partial charge in [0, 0.05) is 24.4 Å². The van der Waals surface area contributed by atoms with Crippen LogP contribution in [0.1, 0.15) is 19.4 Å². The summed E-state index contributed by atoms with van der Waals surface area (Å²) in [5, 5.41) is 12.5. The van der Waals surface area contributed by atoms with Gasteiger partial charge in [-0.05, 0) is 12.0 Å². The SMILES string of the molecule is CC(C)Cn1cc(C=CC(=O)O)cn1. The third-order valence-electron chi connectivity index (χ3n) is 1.62. The Morgan fingerprint density at radius 3 is 3.00 bits per heavy atom. The van der Waals surface area contributed by atoms with Crippen molar-refractivity contribution in [3.8, 4) is 0 Å². The second-order valence-electron chi connectivity index (χ2n) is 3.56. The molecule has 0 fully saturated rings. The van der Waals surface area contributed by atoms with Crippen LogP contribution in [-0.2, 0) is 11.3 Å². The molecule has 4 heteroatoms. The topological polar surface area (TPSA) is 55.1 Å². The van der Waals surface area contributed by atoms with Crippen LogP contribution in [0.4, 0.5) is 0 Å². The number of rotatable bonds is 4. The molecule has 14 heavy (non-hydrogen) atoms. The number of hydrogen-bond donors (Lipinski definition) is 1. The van der Waals surface area contributed by atoms with Crippen molar-refractivity contribution in [2.45, 2.75) is 20.4 Å². The molecule has 1 rings (SSSR count). The van der Waals surface area contributed by atoms with Gasteiger partial charge in [-0.2, -0.15) is 5.10 Å². The predicted octanol–water partition coefficient (Wildman–Crippen LogP) is 1.64. The zero-order valence-corrected chi connectivity index (χ0v) is 8.34. The van der Waals surface area contributed by atoms with Crippen molar-refractivity contribution in [3.63, 3.8) is 0 Å². The molecule has 1 aromatic rings. The molecule has 0 aromatic carbocycles. The highest BCUT2D eigenvalue weighted by Crippen LogP contribution is 2.03. The predicted molar refractivity (Wildman–Crippen MR) is 53.7 cm³/mol.